The third kappa shape index (κ3) is 4.93. The average molecular weight is 365 g/mol. The van der Waals surface area contributed by atoms with Crippen molar-refractivity contribution in [3.63, 3.8) is 0 Å². The summed E-state index contributed by atoms with van der Waals surface area (Å²) in [4.78, 5) is 25.3. The molecule has 0 atom stereocenters. The van der Waals surface area contributed by atoms with Crippen molar-refractivity contribution in [2.45, 2.75) is 6.92 Å². The van der Waals surface area contributed by atoms with E-state index < -0.39 is 5.82 Å². The molecule has 0 fully saturated rings. The number of nitrogens with one attached hydrogen (secondary N) is 1. The fourth-order valence-corrected chi connectivity index (χ4v) is 2.42. The quantitative estimate of drug-likeness (QED) is 0.855. The van der Waals surface area contributed by atoms with E-state index in [1.54, 1.807) is 31.4 Å². The lowest BCUT2D eigenvalue weighted by Crippen LogP contribution is -2.37. The maximum absolute atomic E-state index is 13.3. The molecule has 0 radical (unpaired) electrons. The number of benzene rings is 2. The Kier molecular flexibility index (Phi) is 6.36. The van der Waals surface area contributed by atoms with Crippen molar-refractivity contribution in [1.82, 2.24) is 5.32 Å². The van der Waals surface area contributed by atoms with Crippen LogP contribution in [0.15, 0.2) is 42.5 Å². The normalized spacial score (nSPS) is 10.2. The second-order valence-electron chi connectivity index (χ2n) is 5.25. The van der Waals surface area contributed by atoms with Gasteiger partial charge in [0.2, 0.25) is 5.91 Å². The number of nitrogens with zero attached hydrogens (tertiary/aromatic N) is 1. The molecule has 5 nitrogen and oxygen atoms in total. The largest absolute Gasteiger partial charge is 0.497 e. The molecule has 0 saturated heterocycles. The van der Waals surface area contributed by atoms with Crippen LogP contribution in [0.2, 0.25) is 5.02 Å². The molecule has 0 heterocycles. The SMILES string of the molecule is COc1ccc(C(=O)NCCN(C(C)=O)c2ccc(F)c(Cl)c2)cc1. The van der Waals surface area contributed by atoms with Crippen LogP contribution >= 0.6 is 11.6 Å². The molecule has 1 N–H and O–H groups in total. The van der Waals surface area contributed by atoms with E-state index in [9.17, 15) is 14.0 Å². The Morgan fingerprint density at radius 1 is 1.20 bits per heavy atom. The van der Waals surface area contributed by atoms with E-state index in [0.29, 0.717) is 17.0 Å². The molecule has 0 aliphatic rings. The van der Waals surface area contributed by atoms with Crippen LogP contribution in [0.4, 0.5) is 10.1 Å². The standard InChI is InChI=1S/C18H18ClFN2O3/c1-12(23)22(14-5-8-17(20)16(19)11-14)10-9-21-18(24)13-3-6-15(25-2)7-4-13/h3-8,11H,9-10H2,1-2H3,(H,21,24). The summed E-state index contributed by atoms with van der Waals surface area (Å²) in [6.45, 7) is 1.86. The van der Waals surface area contributed by atoms with E-state index in [-0.39, 0.29) is 29.9 Å². The van der Waals surface area contributed by atoms with E-state index in [4.69, 9.17) is 16.3 Å². The molecule has 0 saturated carbocycles. The average Bonchev–Trinajstić information content (AvgIpc) is 2.61. The molecule has 7 heteroatoms. The zero-order valence-electron chi connectivity index (χ0n) is 13.9. The van der Waals surface area contributed by atoms with Crippen LogP contribution < -0.4 is 15.0 Å². The minimum absolute atomic E-state index is 0.0639. The molecule has 0 aliphatic carbocycles. The van der Waals surface area contributed by atoms with E-state index in [0.717, 1.165) is 0 Å². The minimum atomic E-state index is -0.554. The number of anilines is 1. The summed E-state index contributed by atoms with van der Waals surface area (Å²) >= 11 is 5.76. The smallest absolute Gasteiger partial charge is 0.251 e. The predicted octanol–water partition coefficient (Wildman–Crippen LogP) is 3.27. The highest BCUT2D eigenvalue weighted by molar-refractivity contribution is 6.31. The first-order chi connectivity index (χ1) is 11.9. The van der Waals surface area contributed by atoms with Crippen LogP contribution in [-0.2, 0) is 4.79 Å². The molecule has 0 bridgehead atoms. The van der Waals surface area contributed by atoms with Crippen LogP contribution in [0.1, 0.15) is 17.3 Å². The number of hydrogen-bond donors (Lipinski definition) is 1. The van der Waals surface area contributed by atoms with Gasteiger partial charge in [-0.15, -0.1) is 0 Å². The van der Waals surface area contributed by atoms with Crippen LogP contribution in [0, 0.1) is 5.82 Å². The molecule has 0 aliphatic heterocycles. The first-order valence-electron chi connectivity index (χ1n) is 7.57. The van der Waals surface area contributed by atoms with Gasteiger partial charge in [0.15, 0.2) is 0 Å². The van der Waals surface area contributed by atoms with Crippen molar-refractivity contribution in [2.24, 2.45) is 0 Å². The number of methoxy groups -OCH3 is 1. The molecule has 2 amide bonds. The molecule has 2 aromatic carbocycles. The maximum Gasteiger partial charge on any atom is 0.251 e. The fourth-order valence-electron chi connectivity index (χ4n) is 2.25. The Hall–Kier alpha value is -2.60. The predicted molar refractivity (Wildman–Crippen MR) is 94.8 cm³/mol. The second-order valence-corrected chi connectivity index (χ2v) is 5.66. The number of amides is 2. The van der Waals surface area contributed by atoms with Gasteiger partial charge in [0.1, 0.15) is 11.6 Å². The summed E-state index contributed by atoms with van der Waals surface area (Å²) in [5.41, 5.74) is 0.956. The molecule has 25 heavy (non-hydrogen) atoms. The Morgan fingerprint density at radius 3 is 2.44 bits per heavy atom. The van der Waals surface area contributed by atoms with Crippen molar-refractivity contribution < 1.29 is 18.7 Å². The Morgan fingerprint density at radius 2 is 1.88 bits per heavy atom. The van der Waals surface area contributed by atoms with Gasteiger partial charge in [-0.2, -0.15) is 0 Å². The summed E-state index contributed by atoms with van der Waals surface area (Å²) in [5, 5.41) is 2.67. The Labute approximate surface area is 150 Å². The topological polar surface area (TPSA) is 58.6 Å². The van der Waals surface area contributed by atoms with Crippen LogP contribution in [0.25, 0.3) is 0 Å². The Bertz CT molecular complexity index is 765. The highest BCUT2D eigenvalue weighted by Gasteiger charge is 2.14. The lowest BCUT2D eigenvalue weighted by atomic mass is 10.2. The zero-order valence-corrected chi connectivity index (χ0v) is 14.6. The van der Waals surface area contributed by atoms with Gasteiger partial charge in [-0.1, -0.05) is 11.6 Å². The van der Waals surface area contributed by atoms with Crippen molar-refractivity contribution >= 4 is 29.1 Å². The summed E-state index contributed by atoms with van der Waals surface area (Å²) < 4.78 is 18.3. The number of carbonyl (C=O) groups excluding carboxylic acids is 2. The van der Waals surface area contributed by atoms with Crippen LogP contribution in [-0.4, -0.2) is 32.0 Å². The first-order valence-corrected chi connectivity index (χ1v) is 7.95. The summed E-state index contributed by atoms with van der Waals surface area (Å²) in [5.74, 6) is -0.390. The van der Waals surface area contributed by atoms with Crippen molar-refractivity contribution in [3.05, 3.63) is 58.9 Å². The van der Waals surface area contributed by atoms with Gasteiger partial charge >= 0.3 is 0 Å². The monoisotopic (exact) mass is 364 g/mol. The number of ether oxygens (including phenoxy) is 1. The highest BCUT2D eigenvalue weighted by atomic mass is 35.5. The van der Waals surface area contributed by atoms with Gasteiger partial charge in [0.25, 0.3) is 5.91 Å². The van der Waals surface area contributed by atoms with E-state index in [2.05, 4.69) is 5.32 Å². The van der Waals surface area contributed by atoms with Gasteiger partial charge in [0, 0.05) is 31.3 Å². The third-order valence-electron chi connectivity index (χ3n) is 3.57. The molecule has 2 rings (SSSR count). The number of halogens is 2. The highest BCUT2D eigenvalue weighted by Crippen LogP contribution is 2.22. The van der Waals surface area contributed by atoms with Gasteiger partial charge in [-0.05, 0) is 42.5 Å². The number of rotatable bonds is 6. The van der Waals surface area contributed by atoms with Gasteiger partial charge in [-0.25, -0.2) is 4.39 Å². The van der Waals surface area contributed by atoms with E-state index in [1.165, 1.54) is 30.0 Å². The van der Waals surface area contributed by atoms with Gasteiger partial charge in [-0.3, -0.25) is 9.59 Å². The summed E-state index contributed by atoms with van der Waals surface area (Å²) in [7, 11) is 1.55. The Balaban J connectivity index is 1.97. The third-order valence-corrected chi connectivity index (χ3v) is 3.86. The summed E-state index contributed by atoms with van der Waals surface area (Å²) in [6, 6.07) is 10.7. The van der Waals surface area contributed by atoms with Gasteiger partial charge in [0.05, 0.1) is 12.1 Å². The van der Waals surface area contributed by atoms with Crippen molar-refractivity contribution in [2.75, 3.05) is 25.1 Å². The molecular formula is C18H18ClFN2O3. The number of hydrogen-bond acceptors (Lipinski definition) is 3. The van der Waals surface area contributed by atoms with Crippen LogP contribution in [0.5, 0.6) is 5.75 Å². The molecule has 0 unspecified atom stereocenters. The van der Waals surface area contributed by atoms with E-state index in [1.807, 2.05) is 0 Å². The number of carbonyl (C=O) groups is 2. The molecular weight excluding hydrogens is 347 g/mol. The molecule has 132 valence electrons. The lowest BCUT2D eigenvalue weighted by molar-refractivity contribution is -0.116. The zero-order chi connectivity index (χ0) is 18.4. The lowest BCUT2D eigenvalue weighted by Gasteiger charge is -2.21. The first kappa shape index (κ1) is 18.7. The minimum Gasteiger partial charge on any atom is -0.497 e. The molecule has 0 aromatic heterocycles. The maximum atomic E-state index is 13.3. The van der Waals surface area contributed by atoms with Crippen molar-refractivity contribution in [1.29, 1.82) is 0 Å². The molecule has 0 spiro atoms. The molecule has 2 aromatic rings. The van der Waals surface area contributed by atoms with E-state index >= 15 is 0 Å². The summed E-state index contributed by atoms with van der Waals surface area (Å²) in [6.07, 6.45) is 0. The van der Waals surface area contributed by atoms with Gasteiger partial charge < -0.3 is 15.0 Å². The fraction of sp³-hybridized carbons (Fsp3) is 0.222. The van der Waals surface area contributed by atoms with Crippen molar-refractivity contribution in [3.8, 4) is 5.75 Å². The second kappa shape index (κ2) is 8.48. The van der Waals surface area contributed by atoms with Crippen LogP contribution in [0.3, 0.4) is 0 Å².